The summed E-state index contributed by atoms with van der Waals surface area (Å²) in [7, 11) is 0. The largest absolute Gasteiger partial charge is 0.458 e. The summed E-state index contributed by atoms with van der Waals surface area (Å²) in [4.78, 5) is 2.31. The number of aliphatic hydroxyl groups is 1. The van der Waals surface area contributed by atoms with Gasteiger partial charge in [-0.1, -0.05) is 25.1 Å². The molecule has 0 radical (unpaired) electrons. The third-order valence-corrected chi connectivity index (χ3v) is 4.75. The predicted molar refractivity (Wildman–Crippen MR) is 82.3 cm³/mol. The van der Waals surface area contributed by atoms with Crippen LogP contribution in [0.15, 0.2) is 34.7 Å². The van der Waals surface area contributed by atoms with Crippen LogP contribution in [0.3, 0.4) is 0 Å². The van der Waals surface area contributed by atoms with Crippen molar-refractivity contribution in [2.24, 2.45) is 0 Å². The molecule has 0 amide bonds. The molecule has 2 heterocycles. The van der Waals surface area contributed by atoms with Crippen molar-refractivity contribution < 1.29 is 14.3 Å². The molecule has 4 nitrogen and oxygen atoms in total. The number of para-hydroxylation sites is 1. The van der Waals surface area contributed by atoms with Crippen molar-refractivity contribution >= 4 is 11.0 Å². The highest BCUT2D eigenvalue weighted by molar-refractivity contribution is 5.77. The summed E-state index contributed by atoms with van der Waals surface area (Å²) >= 11 is 0. The summed E-state index contributed by atoms with van der Waals surface area (Å²) in [6, 6.07) is 9.82. The van der Waals surface area contributed by atoms with Gasteiger partial charge >= 0.3 is 0 Å². The van der Waals surface area contributed by atoms with Gasteiger partial charge in [-0.3, -0.25) is 4.90 Å². The molecule has 3 rings (SSSR count). The van der Waals surface area contributed by atoms with Gasteiger partial charge in [0.15, 0.2) is 0 Å². The fourth-order valence-electron chi connectivity index (χ4n) is 3.11. The van der Waals surface area contributed by atoms with Crippen LogP contribution in [-0.2, 0) is 4.74 Å². The fraction of sp³-hybridized carbons (Fsp3) is 0.529. The van der Waals surface area contributed by atoms with E-state index in [0.29, 0.717) is 5.76 Å². The smallest absolute Gasteiger partial charge is 0.135 e. The Hall–Kier alpha value is -1.36. The Morgan fingerprint density at radius 1 is 1.29 bits per heavy atom. The van der Waals surface area contributed by atoms with Crippen LogP contribution < -0.4 is 0 Å². The van der Waals surface area contributed by atoms with Gasteiger partial charge in [-0.15, -0.1) is 0 Å². The zero-order valence-corrected chi connectivity index (χ0v) is 12.7. The van der Waals surface area contributed by atoms with Crippen LogP contribution in [0.5, 0.6) is 0 Å². The standard InChI is InChI=1S/C17H23NO3/c1-3-17(2,18-8-10-20-11-9-18)16(19)15-12-13-6-4-5-7-14(13)21-15/h4-7,12,16,19H,3,8-11H2,1-2H3. The van der Waals surface area contributed by atoms with Gasteiger partial charge in [0.05, 0.1) is 18.8 Å². The number of hydrogen-bond donors (Lipinski definition) is 1. The van der Waals surface area contributed by atoms with E-state index in [-0.39, 0.29) is 5.54 Å². The highest BCUT2D eigenvalue weighted by Crippen LogP contribution is 2.36. The lowest BCUT2D eigenvalue weighted by molar-refractivity contribution is -0.0789. The van der Waals surface area contributed by atoms with Gasteiger partial charge in [0, 0.05) is 18.5 Å². The van der Waals surface area contributed by atoms with Crippen molar-refractivity contribution in [3.05, 3.63) is 36.1 Å². The second-order valence-corrected chi connectivity index (χ2v) is 5.90. The molecule has 1 N–H and O–H groups in total. The molecule has 1 aliphatic rings. The first kappa shape index (κ1) is 14.6. The molecule has 2 aromatic rings. The van der Waals surface area contributed by atoms with E-state index in [1.807, 2.05) is 30.3 Å². The number of rotatable bonds is 4. The summed E-state index contributed by atoms with van der Waals surface area (Å²) in [6.07, 6.45) is 0.207. The molecule has 114 valence electrons. The lowest BCUT2D eigenvalue weighted by Gasteiger charge is -2.45. The Balaban J connectivity index is 1.91. The molecule has 21 heavy (non-hydrogen) atoms. The molecular weight excluding hydrogens is 266 g/mol. The van der Waals surface area contributed by atoms with Crippen LogP contribution in [0.4, 0.5) is 0 Å². The summed E-state index contributed by atoms with van der Waals surface area (Å²) in [5.74, 6) is 0.645. The number of fused-ring (bicyclic) bond motifs is 1. The molecule has 1 aromatic heterocycles. The predicted octanol–water partition coefficient (Wildman–Crippen LogP) is 2.97. The summed E-state index contributed by atoms with van der Waals surface area (Å²) in [5.41, 5.74) is 0.490. The second kappa shape index (κ2) is 5.79. The van der Waals surface area contributed by atoms with Crippen molar-refractivity contribution in [3.8, 4) is 0 Å². The zero-order valence-electron chi connectivity index (χ0n) is 12.7. The molecule has 1 fully saturated rings. The lowest BCUT2D eigenvalue weighted by Crippen LogP contribution is -2.54. The number of aliphatic hydroxyl groups excluding tert-OH is 1. The highest BCUT2D eigenvalue weighted by Gasteiger charge is 2.40. The number of furan rings is 1. The van der Waals surface area contributed by atoms with E-state index in [4.69, 9.17) is 9.15 Å². The van der Waals surface area contributed by atoms with Crippen molar-refractivity contribution in [1.29, 1.82) is 0 Å². The summed E-state index contributed by atoms with van der Waals surface area (Å²) in [6.45, 7) is 7.37. The van der Waals surface area contributed by atoms with Crippen molar-refractivity contribution in [3.63, 3.8) is 0 Å². The van der Waals surface area contributed by atoms with Crippen LogP contribution in [0.2, 0.25) is 0 Å². The highest BCUT2D eigenvalue weighted by atomic mass is 16.5. The molecule has 0 saturated carbocycles. The van der Waals surface area contributed by atoms with Gasteiger partial charge in [0.25, 0.3) is 0 Å². The van der Waals surface area contributed by atoms with Gasteiger partial charge in [0.1, 0.15) is 17.4 Å². The van der Waals surface area contributed by atoms with E-state index in [1.165, 1.54) is 0 Å². The Morgan fingerprint density at radius 3 is 2.67 bits per heavy atom. The monoisotopic (exact) mass is 289 g/mol. The maximum Gasteiger partial charge on any atom is 0.135 e. The molecule has 2 atom stereocenters. The minimum absolute atomic E-state index is 0.336. The Bertz CT molecular complexity index is 570. The number of hydrogen-bond acceptors (Lipinski definition) is 4. The minimum Gasteiger partial charge on any atom is -0.458 e. The van der Waals surface area contributed by atoms with Crippen LogP contribution in [0.1, 0.15) is 32.1 Å². The van der Waals surface area contributed by atoms with Crippen molar-refractivity contribution in [2.75, 3.05) is 26.3 Å². The van der Waals surface area contributed by atoms with E-state index in [1.54, 1.807) is 0 Å². The van der Waals surface area contributed by atoms with Crippen LogP contribution in [0, 0.1) is 0 Å². The van der Waals surface area contributed by atoms with Crippen molar-refractivity contribution in [1.82, 2.24) is 4.90 Å². The topological polar surface area (TPSA) is 45.8 Å². The van der Waals surface area contributed by atoms with Crippen LogP contribution in [0.25, 0.3) is 11.0 Å². The fourth-order valence-corrected chi connectivity index (χ4v) is 3.11. The molecule has 1 aromatic carbocycles. The zero-order chi connectivity index (χ0) is 14.9. The first-order chi connectivity index (χ1) is 10.1. The molecule has 1 aliphatic heterocycles. The maximum absolute atomic E-state index is 10.9. The van der Waals surface area contributed by atoms with Gasteiger partial charge in [-0.05, 0) is 25.5 Å². The number of benzene rings is 1. The normalized spacial score (nSPS) is 21.3. The van der Waals surface area contributed by atoms with E-state index < -0.39 is 6.10 Å². The third kappa shape index (κ3) is 2.59. The van der Waals surface area contributed by atoms with E-state index >= 15 is 0 Å². The first-order valence-electron chi connectivity index (χ1n) is 7.64. The number of morpholine rings is 1. The average molecular weight is 289 g/mol. The molecule has 2 unspecified atom stereocenters. The van der Waals surface area contributed by atoms with E-state index in [9.17, 15) is 5.11 Å². The minimum atomic E-state index is -0.645. The first-order valence-corrected chi connectivity index (χ1v) is 7.64. The SMILES string of the molecule is CCC(C)(C(O)c1cc2ccccc2o1)N1CCOCC1. The number of ether oxygens (including phenoxy) is 1. The molecule has 0 aliphatic carbocycles. The Morgan fingerprint density at radius 2 is 2.00 bits per heavy atom. The summed E-state index contributed by atoms with van der Waals surface area (Å²) in [5, 5.41) is 12.0. The van der Waals surface area contributed by atoms with Gasteiger partial charge in [-0.25, -0.2) is 0 Å². The lowest BCUT2D eigenvalue weighted by atomic mass is 9.87. The molecule has 0 spiro atoms. The van der Waals surface area contributed by atoms with Crippen molar-refractivity contribution in [2.45, 2.75) is 31.9 Å². The average Bonchev–Trinajstić information content (AvgIpc) is 2.98. The Labute approximate surface area is 125 Å². The molecule has 1 saturated heterocycles. The summed E-state index contributed by atoms with van der Waals surface area (Å²) < 4.78 is 11.3. The molecular formula is C17H23NO3. The van der Waals surface area contributed by atoms with Gasteiger partial charge in [0.2, 0.25) is 0 Å². The van der Waals surface area contributed by atoms with E-state index in [2.05, 4.69) is 18.7 Å². The molecule has 0 bridgehead atoms. The van der Waals surface area contributed by atoms with Crippen LogP contribution in [-0.4, -0.2) is 41.8 Å². The van der Waals surface area contributed by atoms with E-state index in [0.717, 1.165) is 43.7 Å². The molecule has 4 heteroatoms. The third-order valence-electron chi connectivity index (χ3n) is 4.75. The van der Waals surface area contributed by atoms with Gasteiger partial charge in [-0.2, -0.15) is 0 Å². The van der Waals surface area contributed by atoms with Crippen LogP contribution >= 0.6 is 0 Å². The quantitative estimate of drug-likeness (QED) is 0.940. The van der Waals surface area contributed by atoms with Gasteiger partial charge < -0.3 is 14.3 Å². The number of nitrogens with zero attached hydrogens (tertiary/aromatic N) is 1. The maximum atomic E-state index is 10.9. The second-order valence-electron chi connectivity index (χ2n) is 5.90. The Kier molecular flexibility index (Phi) is 4.02.